The van der Waals surface area contributed by atoms with Crippen molar-refractivity contribution in [1.29, 1.82) is 0 Å². The summed E-state index contributed by atoms with van der Waals surface area (Å²) in [5, 5.41) is 0. The van der Waals surface area contributed by atoms with Gasteiger partial charge in [0, 0.05) is 10.0 Å². The number of benzene rings is 2. The van der Waals surface area contributed by atoms with Crippen LogP contribution in [0.15, 0.2) is 71.2 Å². The van der Waals surface area contributed by atoms with E-state index in [1.165, 1.54) is 0 Å². The van der Waals surface area contributed by atoms with Crippen molar-refractivity contribution in [3.8, 4) is 0 Å². The molecule has 0 saturated heterocycles. The van der Waals surface area contributed by atoms with Crippen molar-refractivity contribution in [1.82, 2.24) is 0 Å². The average Bonchev–Trinajstić information content (AvgIpc) is 2.46. The maximum absolute atomic E-state index is 11.8. The van der Waals surface area contributed by atoms with Crippen LogP contribution in [0.1, 0.15) is 24.2 Å². The summed E-state index contributed by atoms with van der Waals surface area (Å²) in [4.78, 5) is 11.8. The highest BCUT2D eigenvalue weighted by atomic mass is 79.9. The Morgan fingerprint density at radius 2 is 1.60 bits per heavy atom. The largest absolute Gasteiger partial charge is 0.449 e. The second-order valence-electron chi connectivity index (χ2n) is 4.53. The first-order chi connectivity index (χ1) is 9.58. The minimum Gasteiger partial charge on any atom is -0.449 e. The third-order valence-corrected chi connectivity index (χ3v) is 3.38. The molecule has 0 saturated carbocycles. The highest BCUT2D eigenvalue weighted by Crippen LogP contribution is 2.27. The number of ether oxygens (including phenoxy) is 1. The molecule has 0 aliphatic carbocycles. The van der Waals surface area contributed by atoms with Crippen LogP contribution in [0.4, 0.5) is 0 Å². The molecule has 2 rings (SSSR count). The first-order valence-corrected chi connectivity index (χ1v) is 7.04. The smallest absolute Gasteiger partial charge is 0.334 e. The van der Waals surface area contributed by atoms with Gasteiger partial charge in [0.15, 0.2) is 6.10 Å². The molecule has 2 aromatic rings. The Morgan fingerprint density at radius 1 is 1.05 bits per heavy atom. The summed E-state index contributed by atoms with van der Waals surface area (Å²) >= 11 is 3.40. The first kappa shape index (κ1) is 14.5. The van der Waals surface area contributed by atoms with Crippen molar-refractivity contribution in [2.24, 2.45) is 0 Å². The predicted octanol–water partition coefficient (Wildman–Crippen LogP) is 4.66. The highest BCUT2D eigenvalue weighted by molar-refractivity contribution is 9.10. The summed E-state index contributed by atoms with van der Waals surface area (Å²) < 4.78 is 6.56. The van der Waals surface area contributed by atoms with Crippen LogP contribution in [-0.4, -0.2) is 5.97 Å². The molecule has 1 unspecified atom stereocenters. The molecule has 0 radical (unpaired) electrons. The Hall–Kier alpha value is -1.87. The molecule has 0 bridgehead atoms. The maximum atomic E-state index is 11.8. The zero-order valence-corrected chi connectivity index (χ0v) is 12.8. The van der Waals surface area contributed by atoms with Gasteiger partial charge in [0.1, 0.15) is 0 Å². The van der Waals surface area contributed by atoms with E-state index in [1.807, 2.05) is 54.6 Å². The molecule has 102 valence electrons. The van der Waals surface area contributed by atoms with Crippen molar-refractivity contribution in [3.63, 3.8) is 0 Å². The second kappa shape index (κ2) is 6.53. The Labute approximate surface area is 127 Å². The number of hydrogen-bond acceptors (Lipinski definition) is 2. The molecule has 1 atom stereocenters. The average molecular weight is 331 g/mol. The van der Waals surface area contributed by atoms with Crippen LogP contribution < -0.4 is 0 Å². The van der Waals surface area contributed by atoms with Crippen LogP contribution in [0.3, 0.4) is 0 Å². The normalized spacial score (nSPS) is 11.7. The summed E-state index contributed by atoms with van der Waals surface area (Å²) in [5.74, 6) is -0.387. The van der Waals surface area contributed by atoms with Gasteiger partial charge in [-0.1, -0.05) is 65.0 Å². The minimum absolute atomic E-state index is 0.387. The number of halogens is 1. The summed E-state index contributed by atoms with van der Waals surface area (Å²) in [6, 6.07) is 17.4. The van der Waals surface area contributed by atoms with E-state index in [1.54, 1.807) is 6.92 Å². The lowest BCUT2D eigenvalue weighted by atomic mass is 10.0. The first-order valence-electron chi connectivity index (χ1n) is 6.25. The van der Waals surface area contributed by atoms with E-state index in [4.69, 9.17) is 4.74 Å². The van der Waals surface area contributed by atoms with Crippen molar-refractivity contribution in [3.05, 3.63) is 82.3 Å². The van der Waals surface area contributed by atoms with Crippen LogP contribution >= 0.6 is 15.9 Å². The van der Waals surface area contributed by atoms with Crippen molar-refractivity contribution in [2.75, 3.05) is 0 Å². The molecular weight excluding hydrogens is 316 g/mol. The molecule has 2 aromatic carbocycles. The van der Waals surface area contributed by atoms with Gasteiger partial charge < -0.3 is 4.74 Å². The fourth-order valence-corrected chi connectivity index (χ4v) is 2.07. The van der Waals surface area contributed by atoms with Crippen LogP contribution in [0.5, 0.6) is 0 Å². The van der Waals surface area contributed by atoms with Gasteiger partial charge in [0.05, 0.1) is 0 Å². The van der Waals surface area contributed by atoms with Gasteiger partial charge in [0.2, 0.25) is 0 Å². The second-order valence-corrected chi connectivity index (χ2v) is 5.44. The third kappa shape index (κ3) is 3.58. The Kier molecular flexibility index (Phi) is 4.74. The maximum Gasteiger partial charge on any atom is 0.334 e. The van der Waals surface area contributed by atoms with Gasteiger partial charge >= 0.3 is 5.97 Å². The number of carbonyl (C=O) groups excluding carboxylic acids is 1. The number of carbonyl (C=O) groups is 1. The van der Waals surface area contributed by atoms with E-state index in [0.29, 0.717) is 5.57 Å². The van der Waals surface area contributed by atoms with Crippen LogP contribution in [0.25, 0.3) is 0 Å². The number of rotatable bonds is 4. The molecule has 3 heteroatoms. The summed E-state index contributed by atoms with van der Waals surface area (Å²) in [5.41, 5.74) is 2.25. The van der Waals surface area contributed by atoms with E-state index >= 15 is 0 Å². The highest BCUT2D eigenvalue weighted by Gasteiger charge is 2.19. The molecule has 0 aliphatic rings. The fourth-order valence-electron chi connectivity index (χ4n) is 1.80. The monoisotopic (exact) mass is 330 g/mol. The van der Waals surface area contributed by atoms with Gasteiger partial charge in [-0.05, 0) is 30.2 Å². The van der Waals surface area contributed by atoms with E-state index < -0.39 is 6.10 Å². The Bertz CT molecular complexity index is 603. The standard InChI is InChI=1S/C17H15BrO2/c1-12(2)17(19)20-16(13-6-4-3-5-7-13)14-8-10-15(18)11-9-14/h3-11,16H,1H2,2H3. The van der Waals surface area contributed by atoms with Crippen molar-refractivity contribution < 1.29 is 9.53 Å². The quantitative estimate of drug-likeness (QED) is 0.602. The van der Waals surface area contributed by atoms with Gasteiger partial charge in [-0.2, -0.15) is 0 Å². The van der Waals surface area contributed by atoms with E-state index in [0.717, 1.165) is 15.6 Å². The van der Waals surface area contributed by atoms with E-state index in [-0.39, 0.29) is 5.97 Å². The molecular formula is C17H15BrO2. The zero-order valence-electron chi connectivity index (χ0n) is 11.2. The predicted molar refractivity (Wildman–Crippen MR) is 83.3 cm³/mol. The molecule has 0 N–H and O–H groups in total. The van der Waals surface area contributed by atoms with Crippen LogP contribution in [-0.2, 0) is 9.53 Å². The Balaban J connectivity index is 2.36. The summed E-state index contributed by atoms with van der Waals surface area (Å²) in [7, 11) is 0. The summed E-state index contributed by atoms with van der Waals surface area (Å²) in [6.07, 6.45) is -0.423. The topological polar surface area (TPSA) is 26.3 Å². The number of esters is 1. The van der Waals surface area contributed by atoms with E-state index in [9.17, 15) is 4.79 Å². The lowest BCUT2D eigenvalue weighted by molar-refractivity contribution is -0.142. The molecule has 0 amide bonds. The zero-order chi connectivity index (χ0) is 14.5. The summed E-state index contributed by atoms with van der Waals surface area (Å²) in [6.45, 7) is 5.27. The molecule has 0 spiro atoms. The fraction of sp³-hybridized carbons (Fsp3) is 0.118. The van der Waals surface area contributed by atoms with Gasteiger partial charge in [-0.25, -0.2) is 4.79 Å². The lowest BCUT2D eigenvalue weighted by Crippen LogP contribution is -2.13. The van der Waals surface area contributed by atoms with Crippen LogP contribution in [0, 0.1) is 0 Å². The van der Waals surface area contributed by atoms with Gasteiger partial charge in [0.25, 0.3) is 0 Å². The molecule has 2 nitrogen and oxygen atoms in total. The van der Waals surface area contributed by atoms with Crippen molar-refractivity contribution >= 4 is 21.9 Å². The molecule has 0 aromatic heterocycles. The molecule has 0 heterocycles. The molecule has 20 heavy (non-hydrogen) atoms. The van der Waals surface area contributed by atoms with Gasteiger partial charge in [-0.15, -0.1) is 0 Å². The minimum atomic E-state index is -0.423. The van der Waals surface area contributed by atoms with E-state index in [2.05, 4.69) is 22.5 Å². The lowest BCUT2D eigenvalue weighted by Gasteiger charge is -2.19. The molecule has 0 fully saturated rings. The molecule has 0 aliphatic heterocycles. The Morgan fingerprint density at radius 3 is 2.15 bits per heavy atom. The third-order valence-electron chi connectivity index (χ3n) is 2.85. The van der Waals surface area contributed by atoms with Gasteiger partial charge in [-0.3, -0.25) is 0 Å². The number of hydrogen-bond donors (Lipinski definition) is 0. The SMILES string of the molecule is C=C(C)C(=O)OC(c1ccccc1)c1ccc(Br)cc1. The van der Waals surface area contributed by atoms with Crippen LogP contribution in [0.2, 0.25) is 0 Å². The van der Waals surface area contributed by atoms with Crippen molar-refractivity contribution in [2.45, 2.75) is 13.0 Å².